The van der Waals surface area contributed by atoms with E-state index in [1.807, 2.05) is 49.4 Å². The molecule has 0 saturated carbocycles. The summed E-state index contributed by atoms with van der Waals surface area (Å²) in [6, 6.07) is 15.1. The summed E-state index contributed by atoms with van der Waals surface area (Å²) in [6.45, 7) is 3.15. The Morgan fingerprint density at radius 1 is 1.24 bits per heavy atom. The van der Waals surface area contributed by atoms with E-state index in [1.165, 1.54) is 11.8 Å². The molecule has 0 radical (unpaired) electrons. The Balaban J connectivity index is 1.62. The fourth-order valence-corrected chi connectivity index (χ4v) is 3.39. The molecule has 5 nitrogen and oxygen atoms in total. The summed E-state index contributed by atoms with van der Waals surface area (Å²) in [6.07, 6.45) is 0.269. The van der Waals surface area contributed by atoms with Crippen LogP contribution in [0.15, 0.2) is 48.5 Å². The van der Waals surface area contributed by atoms with Gasteiger partial charge in [-0.25, -0.2) is 0 Å². The second-order valence-corrected chi connectivity index (χ2v) is 6.86. The minimum absolute atomic E-state index is 0.0518. The Morgan fingerprint density at radius 2 is 2.08 bits per heavy atom. The molecule has 1 saturated heterocycles. The molecule has 1 N–H and O–H groups in total. The standard InChI is InChI=1S/C19H20N2O3S/c1-14-5-4-6-15(13-14)24-17-8-3-2-7-16(17)20-18(22)9-10-21-11-12-25-19(21)23/h2-8,13H,9-12H2,1H3,(H,20,22). The lowest BCUT2D eigenvalue weighted by Gasteiger charge is -2.15. The molecule has 6 heteroatoms. The molecular formula is C19H20N2O3S. The molecular weight excluding hydrogens is 336 g/mol. The highest BCUT2D eigenvalue weighted by molar-refractivity contribution is 8.13. The number of benzene rings is 2. The summed E-state index contributed by atoms with van der Waals surface area (Å²) < 4.78 is 5.90. The predicted molar refractivity (Wildman–Crippen MR) is 100 cm³/mol. The van der Waals surface area contributed by atoms with Gasteiger partial charge in [-0.2, -0.15) is 0 Å². The quantitative estimate of drug-likeness (QED) is 0.839. The third-order valence-corrected chi connectivity index (χ3v) is 4.72. The van der Waals surface area contributed by atoms with Crippen molar-refractivity contribution in [3.63, 3.8) is 0 Å². The molecule has 2 amide bonds. The minimum atomic E-state index is -0.134. The van der Waals surface area contributed by atoms with Crippen LogP contribution in [0.25, 0.3) is 0 Å². The smallest absolute Gasteiger partial charge is 0.281 e. The molecule has 25 heavy (non-hydrogen) atoms. The molecule has 1 fully saturated rings. The van der Waals surface area contributed by atoms with Crippen LogP contribution in [-0.4, -0.2) is 34.9 Å². The number of aryl methyl sites for hydroxylation is 1. The van der Waals surface area contributed by atoms with Gasteiger partial charge in [0.2, 0.25) is 5.91 Å². The van der Waals surface area contributed by atoms with Gasteiger partial charge in [-0.1, -0.05) is 36.0 Å². The van der Waals surface area contributed by atoms with Crippen LogP contribution in [-0.2, 0) is 4.79 Å². The summed E-state index contributed by atoms with van der Waals surface area (Å²) in [4.78, 5) is 25.5. The van der Waals surface area contributed by atoms with Gasteiger partial charge in [0.15, 0.2) is 5.75 Å². The van der Waals surface area contributed by atoms with Gasteiger partial charge < -0.3 is 15.0 Å². The second kappa shape index (κ2) is 8.07. The third kappa shape index (κ3) is 4.76. The van der Waals surface area contributed by atoms with Gasteiger partial charge in [-0.05, 0) is 36.8 Å². The number of hydrogen-bond donors (Lipinski definition) is 1. The van der Waals surface area contributed by atoms with E-state index in [0.29, 0.717) is 24.5 Å². The molecule has 1 heterocycles. The molecule has 1 aliphatic rings. The fraction of sp³-hybridized carbons (Fsp3) is 0.263. The minimum Gasteiger partial charge on any atom is -0.455 e. The zero-order chi connectivity index (χ0) is 17.6. The summed E-state index contributed by atoms with van der Waals surface area (Å²) in [5, 5.41) is 2.93. The molecule has 0 aromatic heterocycles. The van der Waals surface area contributed by atoms with E-state index in [2.05, 4.69) is 5.32 Å². The first-order valence-electron chi connectivity index (χ1n) is 8.17. The molecule has 0 atom stereocenters. The van der Waals surface area contributed by atoms with Crippen LogP contribution < -0.4 is 10.1 Å². The molecule has 2 aromatic rings. The summed E-state index contributed by atoms with van der Waals surface area (Å²) in [5.74, 6) is 1.98. The number of anilines is 1. The van der Waals surface area contributed by atoms with Crippen molar-refractivity contribution in [3.8, 4) is 11.5 Å². The van der Waals surface area contributed by atoms with Gasteiger partial charge >= 0.3 is 0 Å². The maximum atomic E-state index is 12.2. The largest absolute Gasteiger partial charge is 0.455 e. The number of carbonyl (C=O) groups excluding carboxylic acids is 2. The highest BCUT2D eigenvalue weighted by atomic mass is 32.2. The number of para-hydroxylation sites is 2. The first-order valence-corrected chi connectivity index (χ1v) is 9.15. The number of amides is 2. The molecule has 0 aliphatic carbocycles. The van der Waals surface area contributed by atoms with Crippen molar-refractivity contribution in [2.75, 3.05) is 24.2 Å². The number of carbonyl (C=O) groups is 2. The number of nitrogens with zero attached hydrogens (tertiary/aromatic N) is 1. The zero-order valence-electron chi connectivity index (χ0n) is 14.0. The van der Waals surface area contributed by atoms with Crippen molar-refractivity contribution >= 4 is 28.6 Å². The lowest BCUT2D eigenvalue weighted by molar-refractivity contribution is -0.116. The van der Waals surface area contributed by atoms with E-state index < -0.39 is 0 Å². The SMILES string of the molecule is Cc1cccc(Oc2ccccc2NC(=O)CCN2CCSC2=O)c1. The second-order valence-electron chi connectivity index (χ2n) is 5.81. The van der Waals surface area contributed by atoms with Crippen LogP contribution in [0.2, 0.25) is 0 Å². The predicted octanol–water partition coefficient (Wildman–Crippen LogP) is 4.28. The fourth-order valence-electron chi connectivity index (χ4n) is 2.54. The van der Waals surface area contributed by atoms with Crippen molar-refractivity contribution in [3.05, 3.63) is 54.1 Å². The van der Waals surface area contributed by atoms with Crippen molar-refractivity contribution in [1.82, 2.24) is 4.90 Å². The normalized spacial score (nSPS) is 13.8. The van der Waals surface area contributed by atoms with Gasteiger partial charge in [-0.15, -0.1) is 0 Å². The van der Waals surface area contributed by atoms with Crippen LogP contribution in [0.3, 0.4) is 0 Å². The van der Waals surface area contributed by atoms with Gasteiger partial charge in [0.05, 0.1) is 5.69 Å². The average molecular weight is 356 g/mol. The van der Waals surface area contributed by atoms with Gasteiger partial charge in [0.25, 0.3) is 5.24 Å². The monoisotopic (exact) mass is 356 g/mol. The van der Waals surface area contributed by atoms with Crippen molar-refractivity contribution in [2.24, 2.45) is 0 Å². The Hall–Kier alpha value is -2.47. The van der Waals surface area contributed by atoms with E-state index in [-0.39, 0.29) is 17.6 Å². The molecule has 0 unspecified atom stereocenters. The molecule has 130 valence electrons. The molecule has 1 aliphatic heterocycles. The lowest BCUT2D eigenvalue weighted by Crippen LogP contribution is -2.27. The summed E-state index contributed by atoms with van der Waals surface area (Å²) in [5.41, 5.74) is 1.73. The Bertz CT molecular complexity index is 779. The van der Waals surface area contributed by atoms with Gasteiger partial charge in [-0.3, -0.25) is 9.59 Å². The van der Waals surface area contributed by atoms with E-state index in [0.717, 1.165) is 17.1 Å². The van der Waals surface area contributed by atoms with Gasteiger partial charge in [0, 0.05) is 25.3 Å². The van der Waals surface area contributed by atoms with Gasteiger partial charge in [0.1, 0.15) is 5.75 Å². The van der Waals surface area contributed by atoms with E-state index >= 15 is 0 Å². The Labute approximate surface area is 151 Å². The lowest BCUT2D eigenvalue weighted by atomic mass is 10.2. The molecule has 2 aromatic carbocycles. The van der Waals surface area contributed by atoms with Crippen molar-refractivity contribution in [2.45, 2.75) is 13.3 Å². The van der Waals surface area contributed by atoms with E-state index in [4.69, 9.17) is 4.74 Å². The molecule has 0 bridgehead atoms. The van der Waals surface area contributed by atoms with Crippen LogP contribution in [0.1, 0.15) is 12.0 Å². The number of nitrogens with one attached hydrogen (secondary N) is 1. The summed E-state index contributed by atoms with van der Waals surface area (Å²) >= 11 is 1.30. The van der Waals surface area contributed by atoms with Crippen LogP contribution in [0, 0.1) is 6.92 Å². The topological polar surface area (TPSA) is 58.6 Å². The molecule has 0 spiro atoms. The van der Waals surface area contributed by atoms with Crippen LogP contribution >= 0.6 is 11.8 Å². The van der Waals surface area contributed by atoms with Crippen molar-refractivity contribution < 1.29 is 14.3 Å². The number of thioether (sulfide) groups is 1. The maximum Gasteiger partial charge on any atom is 0.281 e. The van der Waals surface area contributed by atoms with E-state index in [1.54, 1.807) is 11.0 Å². The highest BCUT2D eigenvalue weighted by Crippen LogP contribution is 2.29. The third-order valence-electron chi connectivity index (χ3n) is 3.83. The zero-order valence-corrected chi connectivity index (χ0v) is 14.8. The van der Waals surface area contributed by atoms with Crippen molar-refractivity contribution in [1.29, 1.82) is 0 Å². The summed E-state index contributed by atoms with van der Waals surface area (Å²) in [7, 11) is 0. The van der Waals surface area contributed by atoms with Crippen LogP contribution in [0.5, 0.6) is 11.5 Å². The Morgan fingerprint density at radius 3 is 2.84 bits per heavy atom. The van der Waals surface area contributed by atoms with E-state index in [9.17, 15) is 9.59 Å². The number of hydrogen-bond acceptors (Lipinski definition) is 4. The first kappa shape index (κ1) is 17.4. The number of rotatable bonds is 6. The Kier molecular flexibility index (Phi) is 5.60. The average Bonchev–Trinajstić information content (AvgIpc) is 3.00. The first-order chi connectivity index (χ1) is 12.1. The highest BCUT2D eigenvalue weighted by Gasteiger charge is 2.21. The maximum absolute atomic E-state index is 12.2. The number of ether oxygens (including phenoxy) is 1. The molecule has 3 rings (SSSR count). The van der Waals surface area contributed by atoms with Crippen LogP contribution in [0.4, 0.5) is 10.5 Å².